The molecular weight excluding hydrogens is 1760 g/mol. The van der Waals surface area contributed by atoms with Crippen LogP contribution in [-0.2, 0) is 18.9 Å². The number of benzene rings is 4. The molecule has 0 aromatic heterocycles. The van der Waals surface area contributed by atoms with Crippen molar-refractivity contribution < 1.29 is 57.3 Å². The first-order chi connectivity index (χ1) is 67.7. The summed E-state index contributed by atoms with van der Waals surface area (Å²) < 4.78 is 23.2. The van der Waals surface area contributed by atoms with Gasteiger partial charge in [-0.2, -0.15) is 0 Å². The third-order valence-corrected chi connectivity index (χ3v) is 26.1. The number of urea groups is 8. The van der Waals surface area contributed by atoms with Crippen LogP contribution in [0.2, 0.25) is 0 Å². The van der Waals surface area contributed by atoms with Crippen molar-refractivity contribution in [2.45, 2.75) is 370 Å². The quantitative estimate of drug-likeness (QED) is 0.0183. The van der Waals surface area contributed by atoms with Crippen molar-refractivity contribution in [3.05, 3.63) is 95.1 Å². The standard InChI is InChI=1S/2C31H56N4O4.2C25H44N4O2/c1-6-10-15-26(8-3)23-38-21-13-19-32-30(36)34-28-17-12-18-29(25(28)5)35-31(37)33-20-14-22-39-24-27(9-4)16-11-7-2;1-6-10-14-26(8-3)23-38-20-12-18-32-30(36)34-28-17-16-25(5)29(22-28)35-31(37)33-19-13-21-39-24-27(9-4)15-11-7-2;1-6-10-13-20(8-3)17-26-24(30)28-22-15-12-16-23(19(22)5)29-25(31)27-18-21(9-4)14-11-7-2;1-6-10-12-20(8-3)17-26-24(30)28-22-15-14-19(5)23(16-22)29-25(31)27-18-21(9-4)13-11-7-2/h12,17-18,26-27H,6-11,13-16,19-24H2,1-5H3,(H2,32,34,36)(H2,33,35,37);16-17,22,26-27H,6-15,18-21,23-24H2,1-5H3,(H2,32,34,36)(H2,33,35,37);12,15-16,20-21H,6-11,13-14,17-18H2,1-5H3,(H2,26,28,30)(H2,27,29,31);14-16,20-21H,6-13,17-18H2,1-5H3,(H2,26,28,30)(H2,27,29,31). The maximum Gasteiger partial charge on any atom is 0.319 e. The van der Waals surface area contributed by atoms with E-state index in [2.05, 4.69) is 196 Å². The highest BCUT2D eigenvalue weighted by Crippen LogP contribution is 2.28. The van der Waals surface area contributed by atoms with Crippen LogP contribution in [0.3, 0.4) is 0 Å². The van der Waals surface area contributed by atoms with E-state index >= 15 is 0 Å². The van der Waals surface area contributed by atoms with E-state index in [4.69, 9.17) is 18.9 Å². The monoisotopic (exact) mass is 1960 g/mol. The average Bonchev–Trinajstić information content (AvgIpc) is 1.35. The molecule has 4 aromatic rings. The lowest BCUT2D eigenvalue weighted by Gasteiger charge is -2.18. The summed E-state index contributed by atoms with van der Waals surface area (Å²) in [6, 6.07) is 20.1. The van der Waals surface area contributed by atoms with Crippen LogP contribution in [0.15, 0.2) is 72.8 Å². The molecule has 16 N–H and O–H groups in total. The second-order valence-corrected chi connectivity index (χ2v) is 37.9. The Morgan fingerprint density at radius 1 is 0.229 bits per heavy atom. The molecule has 800 valence electrons. The largest absolute Gasteiger partial charge is 0.381 e. The van der Waals surface area contributed by atoms with Gasteiger partial charge in [0.25, 0.3) is 0 Å². The average molecular weight is 1960 g/mol. The maximum absolute atomic E-state index is 12.4. The molecule has 0 heterocycles. The van der Waals surface area contributed by atoms with E-state index in [0.29, 0.717) is 172 Å². The van der Waals surface area contributed by atoms with Gasteiger partial charge in [-0.3, -0.25) is 0 Å². The fourth-order valence-electron chi connectivity index (χ4n) is 15.6. The van der Waals surface area contributed by atoms with Crippen LogP contribution in [-0.4, -0.2) is 153 Å². The molecule has 0 bridgehead atoms. The Morgan fingerprint density at radius 2 is 0.421 bits per heavy atom. The molecule has 16 amide bonds. The van der Waals surface area contributed by atoms with E-state index < -0.39 is 0 Å². The number of unbranched alkanes of at least 4 members (excludes halogenated alkanes) is 8. The van der Waals surface area contributed by atoms with Crippen LogP contribution < -0.4 is 85.1 Å². The molecule has 28 heteroatoms. The topological polar surface area (TPSA) is 366 Å². The maximum atomic E-state index is 12.4. The summed E-state index contributed by atoms with van der Waals surface area (Å²) in [7, 11) is 0. The Labute approximate surface area is 848 Å². The molecule has 4 aromatic carbocycles. The van der Waals surface area contributed by atoms with Crippen LogP contribution in [0.25, 0.3) is 0 Å². The van der Waals surface area contributed by atoms with Gasteiger partial charge in [-0.15, -0.1) is 0 Å². The van der Waals surface area contributed by atoms with Gasteiger partial charge in [-0.05, 0) is 223 Å². The fourth-order valence-corrected chi connectivity index (χ4v) is 15.6. The van der Waals surface area contributed by atoms with Crippen molar-refractivity contribution in [2.75, 3.05) is 148 Å². The van der Waals surface area contributed by atoms with Crippen molar-refractivity contribution in [3.8, 4) is 0 Å². The van der Waals surface area contributed by atoms with Gasteiger partial charge in [-0.25, -0.2) is 38.4 Å². The van der Waals surface area contributed by atoms with Gasteiger partial charge in [0.15, 0.2) is 0 Å². The zero-order valence-corrected chi connectivity index (χ0v) is 91.2. The number of amides is 16. The van der Waals surface area contributed by atoms with E-state index in [1.165, 1.54) is 128 Å². The smallest absolute Gasteiger partial charge is 0.319 e. The lowest BCUT2D eigenvalue weighted by Crippen LogP contribution is -2.34. The number of carbonyl (C=O) groups is 8. The second kappa shape index (κ2) is 85.5. The zero-order chi connectivity index (χ0) is 104. The Morgan fingerprint density at radius 3 is 0.636 bits per heavy atom. The van der Waals surface area contributed by atoms with Crippen LogP contribution in [0, 0.1) is 75.0 Å². The molecule has 0 aliphatic carbocycles. The Balaban J connectivity index is 0.000000939. The predicted molar refractivity (Wildman–Crippen MR) is 589 cm³/mol. The minimum absolute atomic E-state index is 0.207. The number of hydrogen-bond acceptors (Lipinski definition) is 12. The van der Waals surface area contributed by atoms with Crippen molar-refractivity contribution in [1.29, 1.82) is 0 Å². The molecule has 0 spiro atoms. The summed E-state index contributed by atoms with van der Waals surface area (Å²) in [6.45, 7) is 53.3. The number of hydrogen-bond donors (Lipinski definition) is 16. The second-order valence-electron chi connectivity index (χ2n) is 37.9. The number of anilines is 8. The Kier molecular flexibility index (Phi) is 78.7. The van der Waals surface area contributed by atoms with Crippen molar-refractivity contribution in [1.82, 2.24) is 42.5 Å². The Hall–Kier alpha value is -9.12. The summed E-state index contributed by atoms with van der Waals surface area (Å²) in [4.78, 5) is 98.8. The highest BCUT2D eigenvalue weighted by atomic mass is 16.5. The van der Waals surface area contributed by atoms with Gasteiger partial charge < -0.3 is 104 Å². The predicted octanol–water partition coefficient (Wildman–Crippen LogP) is 28.3. The molecule has 0 saturated carbocycles. The first-order valence-electron chi connectivity index (χ1n) is 54.8. The minimum atomic E-state index is -0.274. The zero-order valence-electron chi connectivity index (χ0n) is 91.2. The summed E-state index contributed by atoms with van der Waals surface area (Å²) in [5.41, 5.74) is 8.85. The third-order valence-electron chi connectivity index (χ3n) is 26.1. The first-order valence-corrected chi connectivity index (χ1v) is 54.8. The van der Waals surface area contributed by atoms with Crippen molar-refractivity contribution in [3.63, 3.8) is 0 Å². The van der Waals surface area contributed by atoms with Crippen LogP contribution in [0.4, 0.5) is 83.9 Å². The summed E-state index contributed by atoms with van der Waals surface area (Å²) >= 11 is 0. The van der Waals surface area contributed by atoms with E-state index in [1.807, 2.05) is 88.4 Å². The van der Waals surface area contributed by atoms with E-state index in [-0.39, 0.29) is 48.2 Å². The molecule has 0 fully saturated rings. The molecule has 0 saturated heterocycles. The number of nitrogens with one attached hydrogen (secondary N) is 16. The number of aryl methyl sites for hydroxylation is 2. The molecule has 0 radical (unpaired) electrons. The molecule has 0 aliphatic heterocycles. The molecule has 8 unspecified atom stereocenters. The Bertz CT molecular complexity index is 3660. The SMILES string of the molecule is CCCCC(CC)CNC(=O)Nc1ccc(C)c(NC(=O)NCC(CC)CCCC)c1.CCCCC(CC)CNC(=O)Nc1cccc(NC(=O)NCC(CC)CCCC)c1C.CCCCC(CC)COCCCNC(=O)Nc1ccc(C)c(NC(=O)NCCCOCC(CC)CCCC)c1.CCCCC(CC)COCCCNC(=O)Nc1cccc(NC(=O)NCCCOCC(CC)CCCC)c1C. The highest BCUT2D eigenvalue weighted by molar-refractivity contribution is 5.97. The summed E-state index contributed by atoms with van der Waals surface area (Å²) in [6.07, 6.45) is 40.6. The van der Waals surface area contributed by atoms with Crippen molar-refractivity contribution in [2.24, 2.45) is 47.3 Å². The molecular formula is C112H200N16O12. The summed E-state index contributed by atoms with van der Waals surface area (Å²) in [5.74, 6) is 4.53. The van der Waals surface area contributed by atoms with Gasteiger partial charge in [0.05, 0.1) is 0 Å². The number of carbonyl (C=O) groups excluding carboxylic acids is 8. The molecule has 0 aliphatic rings. The normalized spacial score (nSPS) is 12.6. The van der Waals surface area contributed by atoms with Gasteiger partial charge in [0.2, 0.25) is 0 Å². The highest BCUT2D eigenvalue weighted by Gasteiger charge is 2.20. The van der Waals surface area contributed by atoms with E-state index in [0.717, 1.165) is 151 Å². The van der Waals surface area contributed by atoms with Gasteiger partial charge in [0.1, 0.15) is 0 Å². The van der Waals surface area contributed by atoms with E-state index in [9.17, 15) is 38.4 Å². The number of rotatable bonds is 72. The molecule has 8 atom stereocenters. The van der Waals surface area contributed by atoms with Crippen molar-refractivity contribution >= 4 is 93.7 Å². The van der Waals surface area contributed by atoms with Gasteiger partial charge in [-0.1, -0.05) is 289 Å². The molecule has 140 heavy (non-hydrogen) atoms. The lowest BCUT2D eigenvalue weighted by molar-refractivity contribution is 0.0924. The van der Waals surface area contributed by atoms with Crippen LogP contribution in [0.5, 0.6) is 0 Å². The molecule has 28 nitrogen and oxygen atoms in total. The summed E-state index contributed by atoms with van der Waals surface area (Å²) in [5, 5.41) is 46.5. The minimum Gasteiger partial charge on any atom is -0.381 e. The molecule has 4 rings (SSSR count). The lowest BCUT2D eigenvalue weighted by atomic mass is 9.99. The van der Waals surface area contributed by atoms with Crippen LogP contribution >= 0.6 is 0 Å². The number of ether oxygens (including phenoxy) is 4. The third kappa shape index (κ3) is 64.4. The van der Waals surface area contributed by atoms with Crippen LogP contribution in [0.1, 0.15) is 364 Å². The van der Waals surface area contributed by atoms with E-state index in [1.54, 1.807) is 12.1 Å². The van der Waals surface area contributed by atoms with Gasteiger partial charge >= 0.3 is 48.2 Å². The fraction of sp³-hybridized carbons (Fsp3) is 0.714. The first kappa shape index (κ1) is 129. The van der Waals surface area contributed by atoms with Gasteiger partial charge in [0, 0.05) is 151 Å².